The van der Waals surface area contributed by atoms with Crippen LogP contribution in [0.25, 0.3) is 12.2 Å². The fourth-order valence-corrected chi connectivity index (χ4v) is 6.36. The summed E-state index contributed by atoms with van der Waals surface area (Å²) in [4.78, 5) is 25.3. The van der Waals surface area contributed by atoms with Crippen molar-refractivity contribution in [2.24, 2.45) is 0 Å². The van der Waals surface area contributed by atoms with E-state index < -0.39 is 10.8 Å². The molecule has 0 atom stereocenters. The molecule has 4 N–H and O–H groups in total. The Morgan fingerprint density at radius 1 is 0.629 bits per heavy atom. The lowest BCUT2D eigenvalue weighted by Gasteiger charge is -2.31. The molecule has 0 heterocycles. The minimum atomic E-state index is -0.579. The highest BCUT2D eigenvalue weighted by Crippen LogP contribution is 2.47. The van der Waals surface area contributed by atoms with Gasteiger partial charge in [0, 0.05) is 49.8 Å². The molecular weight excluding hydrogens is 777 g/mol. The van der Waals surface area contributed by atoms with Crippen LogP contribution in [0.1, 0.15) is 122 Å². The summed E-state index contributed by atoms with van der Waals surface area (Å²) in [5.41, 5.74) is 4.14. The van der Waals surface area contributed by atoms with Gasteiger partial charge in [-0.25, -0.2) is 0 Å². The number of phenolic OH excluding ortho intramolecular Hbond substituents is 4. The number of allylic oxidation sites excluding steroid dienone is 8. The molecule has 0 fully saturated rings. The standard InChI is InChI=1S/C28H34O4.C26H30O4/c1-8-17-32-26-20(13-16-23(30)19-11-14-21(29)15-12-19)18-22(27(4,5)9-2)25(31)24(26)28(6,7)10-3;1-4-7-9-20-18-21(13-16-24(28)19-11-14-22(27)15-12-19)26(30-17-6-3)23(25(20)29)10-8-5-2/h9-16,18,29,31H,2-3,8,17H2,1,4-7H3;4-5,7-8,11-16,18,27,29H,6,9-10,17H2,1-3H3. The van der Waals surface area contributed by atoms with E-state index in [4.69, 9.17) is 9.47 Å². The number of phenols is 4. The summed E-state index contributed by atoms with van der Waals surface area (Å²) in [5, 5.41) is 41.1. The molecule has 4 rings (SSSR count). The van der Waals surface area contributed by atoms with Gasteiger partial charge in [-0.1, -0.05) is 78.0 Å². The fraction of sp³-hybridized carbons (Fsp3) is 0.296. The van der Waals surface area contributed by atoms with Gasteiger partial charge in [0.05, 0.1) is 13.2 Å². The van der Waals surface area contributed by atoms with Crippen LogP contribution >= 0.6 is 0 Å². The first-order valence-corrected chi connectivity index (χ1v) is 21.1. The van der Waals surface area contributed by atoms with Crippen LogP contribution in [-0.4, -0.2) is 45.2 Å². The number of ether oxygens (including phenoxy) is 2. The van der Waals surface area contributed by atoms with Crippen LogP contribution in [0.4, 0.5) is 0 Å². The van der Waals surface area contributed by atoms with Gasteiger partial charge in [0.2, 0.25) is 0 Å². The second-order valence-corrected chi connectivity index (χ2v) is 15.9. The van der Waals surface area contributed by atoms with Crippen LogP contribution in [0.3, 0.4) is 0 Å². The van der Waals surface area contributed by atoms with Crippen molar-refractivity contribution in [1.82, 2.24) is 0 Å². The molecule has 8 nitrogen and oxygen atoms in total. The highest BCUT2D eigenvalue weighted by molar-refractivity contribution is 6.07. The van der Waals surface area contributed by atoms with Crippen molar-refractivity contribution < 1.29 is 39.5 Å². The molecule has 0 aliphatic heterocycles. The molecule has 0 saturated heterocycles. The van der Waals surface area contributed by atoms with Crippen LogP contribution in [0, 0.1) is 0 Å². The summed E-state index contributed by atoms with van der Waals surface area (Å²) in [6, 6.07) is 16.0. The maximum atomic E-state index is 12.7. The lowest BCUT2D eigenvalue weighted by atomic mass is 9.76. The third kappa shape index (κ3) is 13.2. The molecule has 0 aliphatic rings. The Kier molecular flexibility index (Phi) is 18.8. The van der Waals surface area contributed by atoms with E-state index in [2.05, 4.69) is 13.2 Å². The molecule has 0 bridgehead atoms. The van der Waals surface area contributed by atoms with E-state index in [0.717, 1.165) is 29.5 Å². The van der Waals surface area contributed by atoms with Gasteiger partial charge in [-0.05, 0) is 130 Å². The highest BCUT2D eigenvalue weighted by atomic mass is 16.5. The molecule has 328 valence electrons. The van der Waals surface area contributed by atoms with E-state index in [1.54, 1.807) is 48.6 Å². The van der Waals surface area contributed by atoms with Crippen LogP contribution < -0.4 is 9.47 Å². The molecule has 0 spiro atoms. The van der Waals surface area contributed by atoms with Crippen LogP contribution in [-0.2, 0) is 23.7 Å². The number of benzene rings is 4. The summed E-state index contributed by atoms with van der Waals surface area (Å²) < 4.78 is 12.1. The number of rotatable bonds is 20. The van der Waals surface area contributed by atoms with Gasteiger partial charge in [-0.15, -0.1) is 13.2 Å². The van der Waals surface area contributed by atoms with Crippen molar-refractivity contribution >= 4 is 23.7 Å². The Morgan fingerprint density at radius 2 is 1.08 bits per heavy atom. The molecule has 4 aromatic carbocycles. The van der Waals surface area contributed by atoms with Crippen molar-refractivity contribution in [2.75, 3.05) is 13.2 Å². The largest absolute Gasteiger partial charge is 0.508 e. The summed E-state index contributed by atoms with van der Waals surface area (Å²) in [6.45, 7) is 24.7. The van der Waals surface area contributed by atoms with Gasteiger partial charge >= 0.3 is 0 Å². The smallest absolute Gasteiger partial charge is 0.185 e. The monoisotopic (exact) mass is 840 g/mol. The zero-order chi connectivity index (χ0) is 46.0. The number of ketones is 2. The first-order valence-electron chi connectivity index (χ1n) is 21.1. The highest BCUT2D eigenvalue weighted by Gasteiger charge is 2.33. The average molecular weight is 841 g/mol. The first-order chi connectivity index (χ1) is 29.5. The summed E-state index contributed by atoms with van der Waals surface area (Å²) in [5.74, 6) is 1.37. The van der Waals surface area contributed by atoms with Crippen molar-refractivity contribution in [3.8, 4) is 34.5 Å². The predicted molar refractivity (Wildman–Crippen MR) is 254 cm³/mol. The van der Waals surface area contributed by atoms with E-state index in [-0.39, 0.29) is 34.6 Å². The topological polar surface area (TPSA) is 134 Å². The maximum absolute atomic E-state index is 12.7. The van der Waals surface area contributed by atoms with Crippen molar-refractivity contribution in [2.45, 2.75) is 91.9 Å². The van der Waals surface area contributed by atoms with Gasteiger partial charge in [0.1, 0.15) is 34.5 Å². The summed E-state index contributed by atoms with van der Waals surface area (Å²) in [7, 11) is 0. The number of hydrogen-bond donors (Lipinski definition) is 4. The van der Waals surface area contributed by atoms with E-state index in [0.29, 0.717) is 65.4 Å². The maximum Gasteiger partial charge on any atom is 0.185 e. The van der Waals surface area contributed by atoms with Gasteiger partial charge in [-0.2, -0.15) is 0 Å². The Labute approximate surface area is 368 Å². The number of carbonyl (C=O) groups excluding carboxylic acids is 2. The molecule has 0 amide bonds. The molecule has 62 heavy (non-hydrogen) atoms. The number of hydrogen-bond acceptors (Lipinski definition) is 8. The Bertz CT molecular complexity index is 2280. The molecule has 0 unspecified atom stereocenters. The van der Waals surface area contributed by atoms with Gasteiger partial charge in [-0.3, -0.25) is 9.59 Å². The zero-order valence-electron chi connectivity index (χ0n) is 37.6. The minimum Gasteiger partial charge on any atom is -0.508 e. The zero-order valence-corrected chi connectivity index (χ0v) is 37.6. The third-order valence-corrected chi connectivity index (χ3v) is 10.3. The van der Waals surface area contributed by atoms with Crippen molar-refractivity contribution in [3.63, 3.8) is 0 Å². The second-order valence-electron chi connectivity index (χ2n) is 15.9. The molecule has 0 radical (unpaired) electrons. The SMILES string of the molecule is C=CC(C)(C)c1cc(C=CC(=O)c2ccc(O)cc2)c(OCCC)c(C(C)(C)C=C)c1O.CC=CCc1cc(C=CC(=O)c2ccc(O)cc2)c(OCCC)c(CC=CC)c1O. The quantitative estimate of drug-likeness (QED) is 0.0393. The fourth-order valence-electron chi connectivity index (χ4n) is 6.36. The molecular formula is C54H64O8. The van der Waals surface area contributed by atoms with E-state index in [9.17, 15) is 30.0 Å². The number of aromatic hydroxyl groups is 4. The molecule has 0 saturated carbocycles. The first kappa shape index (κ1) is 49.8. The lowest BCUT2D eigenvalue weighted by Crippen LogP contribution is -2.21. The van der Waals surface area contributed by atoms with E-state index in [1.165, 1.54) is 36.4 Å². The van der Waals surface area contributed by atoms with Crippen molar-refractivity contribution in [3.05, 3.63) is 167 Å². The van der Waals surface area contributed by atoms with Gasteiger partial charge < -0.3 is 29.9 Å². The average Bonchev–Trinajstić information content (AvgIpc) is 3.26. The van der Waals surface area contributed by atoms with Gasteiger partial charge in [0.15, 0.2) is 11.6 Å². The Balaban J connectivity index is 0.000000331. The Morgan fingerprint density at radius 3 is 1.53 bits per heavy atom. The van der Waals surface area contributed by atoms with E-state index >= 15 is 0 Å². The summed E-state index contributed by atoms with van der Waals surface area (Å²) in [6.07, 6.45) is 20.6. The molecule has 4 aromatic rings. The van der Waals surface area contributed by atoms with Gasteiger partial charge in [0.25, 0.3) is 0 Å². The minimum absolute atomic E-state index is 0.104. The number of carbonyl (C=O) groups is 2. The predicted octanol–water partition coefficient (Wildman–Crippen LogP) is 12.7. The lowest BCUT2D eigenvalue weighted by molar-refractivity contribution is 0.103. The molecule has 8 heteroatoms. The normalized spacial score (nSPS) is 11.9. The summed E-state index contributed by atoms with van der Waals surface area (Å²) >= 11 is 0. The van der Waals surface area contributed by atoms with Crippen LogP contribution in [0.5, 0.6) is 34.5 Å². The van der Waals surface area contributed by atoms with Crippen LogP contribution in [0.2, 0.25) is 0 Å². The van der Waals surface area contributed by atoms with E-state index in [1.807, 2.05) is 91.8 Å². The molecule has 0 aliphatic carbocycles. The molecule has 0 aromatic heterocycles. The van der Waals surface area contributed by atoms with Crippen molar-refractivity contribution in [1.29, 1.82) is 0 Å². The Hall–Kier alpha value is -6.54. The third-order valence-electron chi connectivity index (χ3n) is 10.3. The second kappa shape index (κ2) is 23.5. The van der Waals surface area contributed by atoms with Crippen LogP contribution in [0.15, 0.2) is 122 Å².